The lowest BCUT2D eigenvalue weighted by atomic mass is 9.48. The first-order chi connectivity index (χ1) is 7.35. The van der Waals surface area contributed by atoms with Crippen molar-refractivity contribution in [1.82, 2.24) is 0 Å². The number of ketones is 4. The summed E-state index contributed by atoms with van der Waals surface area (Å²) in [5, 5.41) is 0. The molecule has 2 aliphatic rings. The molecule has 4 nitrogen and oxygen atoms in total. The van der Waals surface area contributed by atoms with Crippen molar-refractivity contribution in [2.24, 2.45) is 10.8 Å². The second kappa shape index (κ2) is 3.09. The Hall–Kier alpha value is -1.32. The van der Waals surface area contributed by atoms with E-state index in [1.165, 1.54) is 13.8 Å². The zero-order valence-electron chi connectivity index (χ0n) is 9.46. The average Bonchev–Trinajstić information content (AvgIpc) is 2.38. The van der Waals surface area contributed by atoms with Crippen LogP contribution in [-0.4, -0.2) is 23.1 Å². The third kappa shape index (κ3) is 1.10. The van der Waals surface area contributed by atoms with Gasteiger partial charge in [0.15, 0.2) is 0 Å². The molecular formula is C12H14O4. The number of rotatable bonds is 2. The second-order valence-corrected chi connectivity index (χ2v) is 4.98. The molecule has 0 N–H and O–H groups in total. The Morgan fingerprint density at radius 3 is 1.62 bits per heavy atom. The molecule has 2 saturated carbocycles. The molecule has 0 atom stereocenters. The van der Waals surface area contributed by atoms with Crippen LogP contribution in [0.1, 0.15) is 39.5 Å². The molecule has 16 heavy (non-hydrogen) atoms. The summed E-state index contributed by atoms with van der Waals surface area (Å²) in [7, 11) is 0. The summed E-state index contributed by atoms with van der Waals surface area (Å²) < 4.78 is 0. The first-order valence-electron chi connectivity index (χ1n) is 5.44. The van der Waals surface area contributed by atoms with Crippen LogP contribution in [0.25, 0.3) is 0 Å². The average molecular weight is 222 g/mol. The maximum absolute atomic E-state index is 11.7. The SMILES string of the molecule is CC(=O)C1(C(C)=O)CC2(C1)C(=O)CCC2=O. The van der Waals surface area contributed by atoms with Crippen LogP contribution in [0.3, 0.4) is 0 Å². The summed E-state index contributed by atoms with van der Waals surface area (Å²) in [4.78, 5) is 46.4. The van der Waals surface area contributed by atoms with Crippen LogP contribution >= 0.6 is 0 Å². The van der Waals surface area contributed by atoms with Crippen LogP contribution in [0.2, 0.25) is 0 Å². The van der Waals surface area contributed by atoms with Crippen molar-refractivity contribution in [2.45, 2.75) is 39.5 Å². The number of hydrogen-bond donors (Lipinski definition) is 0. The molecule has 0 aromatic heterocycles. The maximum Gasteiger partial charge on any atom is 0.146 e. The van der Waals surface area contributed by atoms with E-state index in [0.717, 1.165) is 0 Å². The monoisotopic (exact) mass is 222 g/mol. The lowest BCUT2D eigenvalue weighted by Crippen LogP contribution is -2.58. The Morgan fingerprint density at radius 2 is 1.31 bits per heavy atom. The smallest absolute Gasteiger partial charge is 0.146 e. The van der Waals surface area contributed by atoms with Crippen LogP contribution in [0.5, 0.6) is 0 Å². The van der Waals surface area contributed by atoms with E-state index >= 15 is 0 Å². The van der Waals surface area contributed by atoms with E-state index in [4.69, 9.17) is 0 Å². The molecule has 86 valence electrons. The highest BCUT2D eigenvalue weighted by atomic mass is 16.2. The number of carbonyl (C=O) groups is 4. The highest BCUT2D eigenvalue weighted by molar-refractivity contribution is 6.18. The van der Waals surface area contributed by atoms with Crippen molar-refractivity contribution in [3.05, 3.63) is 0 Å². The third-order valence-corrected chi connectivity index (χ3v) is 4.20. The Kier molecular flexibility index (Phi) is 2.16. The normalized spacial score (nSPS) is 25.6. The van der Waals surface area contributed by atoms with Crippen molar-refractivity contribution >= 4 is 23.1 Å². The Morgan fingerprint density at radius 1 is 0.938 bits per heavy atom. The molecule has 0 aromatic carbocycles. The highest BCUT2D eigenvalue weighted by Gasteiger charge is 2.67. The van der Waals surface area contributed by atoms with Gasteiger partial charge >= 0.3 is 0 Å². The van der Waals surface area contributed by atoms with Crippen molar-refractivity contribution in [2.75, 3.05) is 0 Å². The van der Waals surface area contributed by atoms with Gasteiger partial charge in [-0.1, -0.05) is 0 Å². The fourth-order valence-corrected chi connectivity index (χ4v) is 2.98. The van der Waals surface area contributed by atoms with Gasteiger partial charge in [-0.05, 0) is 26.7 Å². The predicted octanol–water partition coefficient (Wildman–Crippen LogP) is 0.863. The molecule has 4 heteroatoms. The summed E-state index contributed by atoms with van der Waals surface area (Å²) >= 11 is 0. The Bertz CT molecular complexity index is 377. The van der Waals surface area contributed by atoms with Gasteiger partial charge in [0, 0.05) is 12.8 Å². The zero-order valence-corrected chi connectivity index (χ0v) is 9.46. The van der Waals surface area contributed by atoms with Gasteiger partial charge < -0.3 is 0 Å². The van der Waals surface area contributed by atoms with E-state index in [9.17, 15) is 19.2 Å². The zero-order chi connectivity index (χ0) is 12.1. The first-order valence-corrected chi connectivity index (χ1v) is 5.44. The summed E-state index contributed by atoms with van der Waals surface area (Å²) in [5.74, 6) is -0.623. The molecule has 0 aromatic rings. The molecule has 0 heterocycles. The Labute approximate surface area is 93.4 Å². The lowest BCUT2D eigenvalue weighted by Gasteiger charge is -2.49. The molecule has 0 bridgehead atoms. The Balaban J connectivity index is 2.31. The van der Waals surface area contributed by atoms with Crippen molar-refractivity contribution in [3.63, 3.8) is 0 Å². The fraction of sp³-hybridized carbons (Fsp3) is 0.667. The minimum Gasteiger partial charge on any atom is -0.299 e. The third-order valence-electron chi connectivity index (χ3n) is 4.20. The van der Waals surface area contributed by atoms with E-state index < -0.39 is 10.8 Å². The molecule has 2 fully saturated rings. The molecule has 0 saturated heterocycles. The number of carbonyl (C=O) groups excluding carboxylic acids is 4. The first kappa shape index (κ1) is 11.2. The molecule has 1 spiro atoms. The van der Waals surface area contributed by atoms with Crippen LogP contribution in [0.4, 0.5) is 0 Å². The molecule has 0 amide bonds. The van der Waals surface area contributed by atoms with Gasteiger partial charge in [0.05, 0.1) is 10.8 Å². The van der Waals surface area contributed by atoms with Crippen LogP contribution < -0.4 is 0 Å². The summed E-state index contributed by atoms with van der Waals surface area (Å²) in [5.41, 5.74) is -2.05. The maximum atomic E-state index is 11.7. The second-order valence-electron chi connectivity index (χ2n) is 4.98. The van der Waals surface area contributed by atoms with E-state index in [1.807, 2.05) is 0 Å². The van der Waals surface area contributed by atoms with Gasteiger partial charge in [0.2, 0.25) is 0 Å². The molecule has 0 unspecified atom stereocenters. The van der Waals surface area contributed by atoms with E-state index in [2.05, 4.69) is 0 Å². The summed E-state index contributed by atoms with van der Waals surface area (Å²) in [6, 6.07) is 0. The van der Waals surface area contributed by atoms with Crippen molar-refractivity contribution in [3.8, 4) is 0 Å². The molecule has 2 rings (SSSR count). The highest BCUT2D eigenvalue weighted by Crippen LogP contribution is 2.59. The fourth-order valence-electron chi connectivity index (χ4n) is 2.98. The van der Waals surface area contributed by atoms with Crippen molar-refractivity contribution < 1.29 is 19.2 Å². The lowest BCUT2D eigenvalue weighted by molar-refractivity contribution is -0.163. The van der Waals surface area contributed by atoms with Gasteiger partial charge in [0.25, 0.3) is 0 Å². The van der Waals surface area contributed by atoms with E-state index in [1.54, 1.807) is 0 Å². The van der Waals surface area contributed by atoms with E-state index in [-0.39, 0.29) is 48.8 Å². The summed E-state index contributed by atoms with van der Waals surface area (Å²) in [6.45, 7) is 2.72. The largest absolute Gasteiger partial charge is 0.299 e. The topological polar surface area (TPSA) is 68.3 Å². The number of Topliss-reactive ketones (excluding diaryl/α,β-unsaturated/α-hetero) is 4. The molecule has 2 aliphatic carbocycles. The van der Waals surface area contributed by atoms with Gasteiger partial charge in [-0.25, -0.2) is 0 Å². The van der Waals surface area contributed by atoms with Crippen molar-refractivity contribution in [1.29, 1.82) is 0 Å². The van der Waals surface area contributed by atoms with Gasteiger partial charge in [-0.3, -0.25) is 19.2 Å². The van der Waals surface area contributed by atoms with Crippen LogP contribution in [-0.2, 0) is 19.2 Å². The van der Waals surface area contributed by atoms with Crippen LogP contribution in [0, 0.1) is 10.8 Å². The van der Waals surface area contributed by atoms with Gasteiger partial charge in [-0.2, -0.15) is 0 Å². The minimum atomic E-state index is -1.06. The molecule has 0 aliphatic heterocycles. The van der Waals surface area contributed by atoms with Crippen LogP contribution in [0.15, 0.2) is 0 Å². The standard InChI is InChI=1S/C12H14O4/c1-7(13)11(8(2)14)5-12(6-11)9(15)3-4-10(12)16/h3-6H2,1-2H3. The summed E-state index contributed by atoms with van der Waals surface area (Å²) in [6.07, 6.45) is 0.764. The van der Waals surface area contributed by atoms with E-state index in [0.29, 0.717) is 0 Å². The molecule has 0 radical (unpaired) electrons. The van der Waals surface area contributed by atoms with Gasteiger partial charge in [0.1, 0.15) is 23.1 Å². The molecular weight excluding hydrogens is 208 g/mol. The number of hydrogen-bond acceptors (Lipinski definition) is 4. The minimum absolute atomic E-state index is 0.0874. The predicted molar refractivity (Wildman–Crippen MR) is 54.7 cm³/mol. The van der Waals surface area contributed by atoms with Gasteiger partial charge in [-0.15, -0.1) is 0 Å². The quantitative estimate of drug-likeness (QED) is 0.650.